The summed E-state index contributed by atoms with van der Waals surface area (Å²) in [7, 11) is -4.37. The highest BCUT2D eigenvalue weighted by Gasteiger charge is 2.54. The number of nitrogens with zero attached hydrogens (tertiary/aromatic N) is 3. The fourth-order valence-corrected chi connectivity index (χ4v) is 7.33. The molecule has 2 fully saturated rings. The van der Waals surface area contributed by atoms with Gasteiger partial charge in [0.2, 0.25) is 5.88 Å². The molecule has 6 rings (SSSR count). The van der Waals surface area contributed by atoms with E-state index >= 15 is 0 Å². The molecule has 0 radical (unpaired) electrons. The molecule has 3 aromatic rings. The quantitative estimate of drug-likeness (QED) is 0.272. The Morgan fingerprint density at radius 3 is 2.43 bits per heavy atom. The number of nitrogens with one attached hydrogen (secondary N) is 2. The van der Waals surface area contributed by atoms with Gasteiger partial charge in [0, 0.05) is 30.1 Å². The standard InChI is InChI=1S/C33H44BN5O6S/c1-21(2)39-19-17-29(37-39)46(41,42)38-31(40)36-30-26-9-7-8-22(26)10-15-27(30)23-16-18-35-28(20-23)43-25-13-11-24(12-14-25)34-44-32(3,4)33(5,6)45-34/h10,15-21,24-25H,7-9,11-14H2,1-6H3,(H2,36,38,40). The van der Waals surface area contributed by atoms with Gasteiger partial charge in [-0.2, -0.15) is 13.5 Å². The van der Waals surface area contributed by atoms with Gasteiger partial charge in [0.15, 0.2) is 5.03 Å². The van der Waals surface area contributed by atoms with E-state index in [2.05, 4.69) is 53.9 Å². The highest BCUT2D eigenvalue weighted by atomic mass is 32.2. The lowest BCUT2D eigenvalue weighted by molar-refractivity contribution is 0.00578. The molecule has 2 aliphatic carbocycles. The third-order valence-electron chi connectivity index (χ3n) is 9.85. The minimum atomic E-state index is -4.17. The molecule has 0 spiro atoms. The van der Waals surface area contributed by atoms with Crippen LogP contribution < -0.4 is 14.8 Å². The molecule has 11 nitrogen and oxygen atoms in total. The zero-order valence-electron chi connectivity index (χ0n) is 27.5. The number of urea groups is 1. The molecule has 0 bridgehead atoms. The Morgan fingerprint density at radius 2 is 1.76 bits per heavy atom. The van der Waals surface area contributed by atoms with Crippen LogP contribution in [0, 0.1) is 0 Å². The summed E-state index contributed by atoms with van der Waals surface area (Å²) in [5.41, 5.74) is 3.65. The van der Waals surface area contributed by atoms with Crippen LogP contribution in [0.5, 0.6) is 5.88 Å². The average molecular weight is 650 g/mol. The van der Waals surface area contributed by atoms with Crippen molar-refractivity contribution in [2.75, 3.05) is 5.32 Å². The van der Waals surface area contributed by atoms with Crippen LogP contribution >= 0.6 is 0 Å². The van der Waals surface area contributed by atoms with Gasteiger partial charge in [-0.1, -0.05) is 12.1 Å². The predicted molar refractivity (Wildman–Crippen MR) is 176 cm³/mol. The van der Waals surface area contributed by atoms with Gasteiger partial charge < -0.3 is 19.4 Å². The molecule has 1 aliphatic heterocycles. The number of rotatable bonds is 8. The Hall–Kier alpha value is -3.42. The highest BCUT2D eigenvalue weighted by molar-refractivity contribution is 7.90. The Bertz CT molecular complexity index is 1700. The first-order valence-electron chi connectivity index (χ1n) is 16.2. The summed E-state index contributed by atoms with van der Waals surface area (Å²) in [6.07, 6.45) is 9.56. The van der Waals surface area contributed by atoms with E-state index in [9.17, 15) is 13.2 Å². The molecule has 1 saturated carbocycles. The second-order valence-electron chi connectivity index (χ2n) is 13.9. The number of pyridine rings is 1. The van der Waals surface area contributed by atoms with E-state index in [0.29, 0.717) is 17.4 Å². The fourth-order valence-electron chi connectivity index (χ4n) is 6.49. The van der Waals surface area contributed by atoms with Gasteiger partial charge >= 0.3 is 13.1 Å². The number of hydrogen-bond donors (Lipinski definition) is 2. The monoisotopic (exact) mass is 649 g/mol. The van der Waals surface area contributed by atoms with Crippen molar-refractivity contribution in [3.05, 3.63) is 53.9 Å². The van der Waals surface area contributed by atoms with Crippen LogP contribution in [0.15, 0.2) is 47.8 Å². The largest absolute Gasteiger partial charge is 0.474 e. The van der Waals surface area contributed by atoms with Crippen LogP contribution in [0.3, 0.4) is 0 Å². The van der Waals surface area contributed by atoms with E-state index in [1.54, 1.807) is 12.4 Å². The summed E-state index contributed by atoms with van der Waals surface area (Å²) in [6.45, 7) is 12.1. The number of ether oxygens (including phenoxy) is 1. The zero-order chi connectivity index (χ0) is 32.9. The number of aryl methyl sites for hydroxylation is 1. The predicted octanol–water partition coefficient (Wildman–Crippen LogP) is 6.31. The Kier molecular flexibility index (Phi) is 8.71. The third-order valence-corrected chi connectivity index (χ3v) is 11.1. The number of hydrogen-bond acceptors (Lipinski definition) is 8. The van der Waals surface area contributed by atoms with Crippen LogP contribution in [0.25, 0.3) is 11.1 Å². The summed E-state index contributed by atoms with van der Waals surface area (Å²) in [5.74, 6) is 0.830. The Labute approximate surface area is 272 Å². The van der Waals surface area contributed by atoms with E-state index < -0.39 is 16.1 Å². The first-order valence-corrected chi connectivity index (χ1v) is 17.7. The van der Waals surface area contributed by atoms with Crippen molar-refractivity contribution in [1.82, 2.24) is 19.5 Å². The number of aromatic nitrogens is 3. The van der Waals surface area contributed by atoms with Crippen LogP contribution in [-0.2, 0) is 32.2 Å². The van der Waals surface area contributed by atoms with Gasteiger partial charge in [-0.15, -0.1) is 0 Å². The molecule has 0 atom stereocenters. The van der Waals surface area contributed by atoms with Crippen molar-refractivity contribution in [3.8, 4) is 17.0 Å². The topological polar surface area (TPSA) is 134 Å². The molecule has 246 valence electrons. The van der Waals surface area contributed by atoms with E-state index in [1.165, 1.54) is 10.7 Å². The minimum Gasteiger partial charge on any atom is -0.474 e. The van der Waals surface area contributed by atoms with Crippen molar-refractivity contribution in [2.45, 2.75) is 121 Å². The van der Waals surface area contributed by atoms with Gasteiger partial charge in [-0.05, 0) is 121 Å². The SMILES string of the molecule is CC(C)n1ccc(S(=O)(=O)NC(=O)Nc2c(-c3ccnc(OC4CCC(B5OC(C)(C)C(C)(C)O5)CC4)c3)ccc3c2CCC3)n1. The van der Waals surface area contributed by atoms with Crippen molar-refractivity contribution >= 4 is 28.9 Å². The van der Waals surface area contributed by atoms with Gasteiger partial charge in [0.25, 0.3) is 10.0 Å². The molecule has 1 saturated heterocycles. The van der Waals surface area contributed by atoms with Gasteiger partial charge in [0.1, 0.15) is 6.10 Å². The van der Waals surface area contributed by atoms with Gasteiger partial charge in [0.05, 0.1) is 16.9 Å². The molecular weight excluding hydrogens is 605 g/mol. The number of carbonyl (C=O) groups excluding carboxylic acids is 1. The fraction of sp³-hybridized carbons (Fsp3) is 0.545. The van der Waals surface area contributed by atoms with Crippen molar-refractivity contribution < 1.29 is 27.3 Å². The van der Waals surface area contributed by atoms with E-state index in [4.69, 9.17) is 14.0 Å². The number of fused-ring (bicyclic) bond motifs is 1. The number of anilines is 1. The Morgan fingerprint density at radius 1 is 1.04 bits per heavy atom. The average Bonchev–Trinajstić information content (AvgIpc) is 3.72. The maximum atomic E-state index is 13.2. The molecule has 13 heteroatoms. The summed E-state index contributed by atoms with van der Waals surface area (Å²) < 4.78 is 48.6. The third kappa shape index (κ3) is 6.54. The van der Waals surface area contributed by atoms with Crippen LogP contribution in [-0.4, -0.2) is 53.6 Å². The zero-order valence-corrected chi connectivity index (χ0v) is 28.3. The number of sulfonamides is 1. The molecule has 2 aromatic heterocycles. The minimum absolute atomic E-state index is 0.0158. The Balaban J connectivity index is 1.15. The molecular formula is C33H44BN5O6S. The summed E-state index contributed by atoms with van der Waals surface area (Å²) in [4.78, 5) is 17.7. The van der Waals surface area contributed by atoms with E-state index in [1.807, 2.05) is 32.0 Å². The maximum Gasteiger partial charge on any atom is 0.461 e. The maximum absolute atomic E-state index is 13.2. The van der Waals surface area contributed by atoms with Crippen LogP contribution in [0.1, 0.15) is 90.8 Å². The van der Waals surface area contributed by atoms with Gasteiger partial charge in [-0.3, -0.25) is 4.68 Å². The lowest BCUT2D eigenvalue weighted by atomic mass is 9.64. The summed E-state index contributed by atoms with van der Waals surface area (Å²) in [6, 6.07) is 8.32. The molecule has 0 unspecified atom stereocenters. The molecule has 46 heavy (non-hydrogen) atoms. The van der Waals surface area contributed by atoms with Crippen molar-refractivity contribution in [1.29, 1.82) is 0 Å². The van der Waals surface area contributed by atoms with Crippen LogP contribution in [0.4, 0.5) is 10.5 Å². The lowest BCUT2D eigenvalue weighted by Gasteiger charge is -2.32. The van der Waals surface area contributed by atoms with E-state index in [-0.39, 0.29) is 35.5 Å². The number of carbonyl (C=O) groups is 1. The molecule has 2 amide bonds. The first kappa shape index (κ1) is 32.5. The van der Waals surface area contributed by atoms with Crippen molar-refractivity contribution in [3.63, 3.8) is 0 Å². The smallest absolute Gasteiger partial charge is 0.461 e. The molecule has 3 heterocycles. The summed E-state index contributed by atoms with van der Waals surface area (Å²) >= 11 is 0. The number of amides is 2. The second kappa shape index (κ2) is 12.3. The highest BCUT2D eigenvalue weighted by Crippen LogP contribution is 2.44. The molecule has 1 aromatic carbocycles. The summed E-state index contributed by atoms with van der Waals surface area (Å²) in [5, 5.41) is 6.76. The first-order chi connectivity index (χ1) is 21.7. The molecule has 3 aliphatic rings. The molecule has 2 N–H and O–H groups in total. The number of benzene rings is 1. The normalized spacial score (nSPS) is 22.1. The van der Waals surface area contributed by atoms with E-state index in [0.717, 1.165) is 67.2 Å². The van der Waals surface area contributed by atoms with Crippen LogP contribution in [0.2, 0.25) is 5.82 Å². The lowest BCUT2D eigenvalue weighted by Crippen LogP contribution is -2.41. The van der Waals surface area contributed by atoms with Gasteiger partial charge in [-0.25, -0.2) is 14.5 Å². The van der Waals surface area contributed by atoms with Crippen molar-refractivity contribution in [2.24, 2.45) is 0 Å². The second-order valence-corrected chi connectivity index (χ2v) is 15.6.